The van der Waals surface area contributed by atoms with Gasteiger partial charge in [0, 0.05) is 25.0 Å². The Kier molecular flexibility index (Phi) is 13.2. The van der Waals surface area contributed by atoms with E-state index in [4.69, 9.17) is 39.5 Å². The van der Waals surface area contributed by atoms with Crippen LogP contribution in [0.1, 0.15) is 13.8 Å². The number of hydrogen-bond acceptors (Lipinski definition) is 3. The van der Waals surface area contributed by atoms with E-state index in [-0.39, 0.29) is 29.9 Å². The molecule has 6 nitrogen and oxygen atoms in total. The van der Waals surface area contributed by atoms with Gasteiger partial charge in [-0.1, -0.05) is 34.8 Å². The molecule has 10 heteroatoms. The van der Waals surface area contributed by atoms with E-state index in [9.17, 15) is 4.79 Å². The van der Waals surface area contributed by atoms with Gasteiger partial charge in [0.2, 0.25) is 5.91 Å². The Morgan fingerprint density at radius 3 is 2.32 bits per heavy atom. The second-order valence-corrected chi connectivity index (χ2v) is 5.97. The molecule has 1 aromatic rings. The third-order valence-electron chi connectivity index (χ3n) is 2.70. The molecule has 0 spiro atoms. The molecule has 0 atom stereocenters. The van der Waals surface area contributed by atoms with Crippen LogP contribution >= 0.6 is 58.8 Å². The first kappa shape index (κ1) is 24.4. The average molecular weight is 524 g/mol. The number of aliphatic imine (C=N–C) groups is 1. The van der Waals surface area contributed by atoms with Crippen LogP contribution in [-0.2, 0) is 4.79 Å². The maximum atomic E-state index is 10.8. The van der Waals surface area contributed by atoms with Crippen LogP contribution < -0.4 is 20.7 Å². The summed E-state index contributed by atoms with van der Waals surface area (Å²) in [6.45, 7) is 5.97. The topological polar surface area (TPSA) is 74.8 Å². The van der Waals surface area contributed by atoms with Crippen molar-refractivity contribution in [2.45, 2.75) is 13.8 Å². The quantitative estimate of drug-likeness (QED) is 0.212. The Balaban J connectivity index is 0.00000576. The number of ether oxygens (including phenoxy) is 1. The zero-order chi connectivity index (χ0) is 17.9. The zero-order valence-electron chi connectivity index (χ0n) is 14.0. The van der Waals surface area contributed by atoms with E-state index in [1.165, 1.54) is 6.92 Å². The fourth-order valence-corrected chi connectivity index (χ4v) is 2.66. The van der Waals surface area contributed by atoms with Gasteiger partial charge in [-0.2, -0.15) is 0 Å². The summed E-state index contributed by atoms with van der Waals surface area (Å²) < 4.78 is 5.58. The van der Waals surface area contributed by atoms with Crippen molar-refractivity contribution in [1.82, 2.24) is 16.0 Å². The van der Waals surface area contributed by atoms with E-state index in [0.717, 1.165) is 6.54 Å². The molecule has 0 saturated heterocycles. The number of nitrogens with one attached hydrogen (secondary N) is 3. The number of guanidine groups is 1. The lowest BCUT2D eigenvalue weighted by atomic mass is 10.3. The number of benzene rings is 1. The first-order chi connectivity index (χ1) is 11.4. The zero-order valence-corrected chi connectivity index (χ0v) is 18.6. The number of carbonyl (C=O) groups excluding carboxylic acids is 1. The minimum Gasteiger partial charge on any atom is -0.489 e. The summed E-state index contributed by atoms with van der Waals surface area (Å²) in [6.07, 6.45) is 0. The molecule has 0 radical (unpaired) electrons. The van der Waals surface area contributed by atoms with Crippen LogP contribution in [0.5, 0.6) is 5.75 Å². The molecule has 0 aromatic heterocycles. The normalized spacial score (nSPS) is 10.7. The molecule has 0 unspecified atom stereocenters. The highest BCUT2D eigenvalue weighted by Gasteiger charge is 2.09. The van der Waals surface area contributed by atoms with Gasteiger partial charge in [-0.15, -0.1) is 24.0 Å². The Hall–Kier alpha value is -0.640. The molecular weight excluding hydrogens is 501 g/mol. The molecule has 0 aliphatic rings. The molecule has 142 valence electrons. The molecule has 0 bridgehead atoms. The number of amides is 1. The van der Waals surface area contributed by atoms with Gasteiger partial charge in [-0.05, 0) is 19.1 Å². The van der Waals surface area contributed by atoms with Gasteiger partial charge >= 0.3 is 0 Å². The fraction of sp³-hybridized carbons (Fsp3) is 0.467. The lowest BCUT2D eigenvalue weighted by molar-refractivity contribution is -0.118. The van der Waals surface area contributed by atoms with Crippen LogP contribution in [0.3, 0.4) is 0 Å². The van der Waals surface area contributed by atoms with Crippen molar-refractivity contribution < 1.29 is 9.53 Å². The van der Waals surface area contributed by atoms with Crippen molar-refractivity contribution in [3.63, 3.8) is 0 Å². The second-order valence-electron chi connectivity index (χ2n) is 4.72. The molecule has 0 heterocycles. The highest BCUT2D eigenvalue weighted by molar-refractivity contribution is 14.0. The van der Waals surface area contributed by atoms with E-state index in [0.29, 0.717) is 53.0 Å². The summed E-state index contributed by atoms with van der Waals surface area (Å²) in [5.41, 5.74) is 0. The maximum absolute atomic E-state index is 10.8. The van der Waals surface area contributed by atoms with Gasteiger partial charge < -0.3 is 20.7 Å². The number of nitrogens with zero attached hydrogens (tertiary/aromatic N) is 1. The summed E-state index contributed by atoms with van der Waals surface area (Å²) in [6, 6.07) is 3.15. The Bertz CT molecular complexity index is 565. The predicted octanol–water partition coefficient (Wildman–Crippen LogP) is 3.33. The maximum Gasteiger partial charge on any atom is 0.216 e. The predicted molar refractivity (Wildman–Crippen MR) is 115 cm³/mol. The monoisotopic (exact) mass is 522 g/mol. The molecule has 0 aliphatic carbocycles. The summed E-state index contributed by atoms with van der Waals surface area (Å²) in [5.74, 6) is 0.963. The summed E-state index contributed by atoms with van der Waals surface area (Å²) in [5, 5.41) is 10.1. The van der Waals surface area contributed by atoms with Crippen LogP contribution in [0.2, 0.25) is 15.1 Å². The number of hydrogen-bond donors (Lipinski definition) is 3. The minimum atomic E-state index is -0.0757. The highest BCUT2D eigenvalue weighted by atomic mass is 127. The lowest BCUT2D eigenvalue weighted by Crippen LogP contribution is -2.40. The van der Waals surface area contributed by atoms with Crippen molar-refractivity contribution in [2.75, 3.05) is 32.8 Å². The van der Waals surface area contributed by atoms with Gasteiger partial charge in [0.05, 0.1) is 23.1 Å². The lowest BCUT2D eigenvalue weighted by Gasteiger charge is -2.13. The summed E-state index contributed by atoms with van der Waals surface area (Å²) in [7, 11) is 0. The Morgan fingerprint density at radius 2 is 1.76 bits per heavy atom. The van der Waals surface area contributed by atoms with E-state index in [2.05, 4.69) is 20.9 Å². The van der Waals surface area contributed by atoms with Crippen molar-refractivity contribution >= 4 is 70.6 Å². The Labute approximate surface area is 180 Å². The van der Waals surface area contributed by atoms with Crippen molar-refractivity contribution in [3.05, 3.63) is 27.2 Å². The summed E-state index contributed by atoms with van der Waals surface area (Å²) in [4.78, 5) is 15.1. The first-order valence-electron chi connectivity index (χ1n) is 7.48. The van der Waals surface area contributed by atoms with Gasteiger partial charge in [-0.3, -0.25) is 9.79 Å². The number of rotatable bonds is 8. The van der Waals surface area contributed by atoms with Crippen molar-refractivity contribution in [3.8, 4) is 5.75 Å². The molecule has 0 saturated carbocycles. The van der Waals surface area contributed by atoms with E-state index in [1.807, 2.05) is 6.92 Å². The standard InChI is InChI=1S/C15H21Cl3N4O2.HI/c1-3-19-15(21-5-4-20-10(2)23)22-6-7-24-14-12(17)8-11(16)9-13(14)18;/h8-9H,3-7H2,1-2H3,(H,20,23)(H2,19,21,22);1H. The molecule has 1 rings (SSSR count). The molecule has 0 aliphatic heterocycles. The first-order valence-corrected chi connectivity index (χ1v) is 8.61. The van der Waals surface area contributed by atoms with Gasteiger partial charge in [0.1, 0.15) is 6.61 Å². The molecule has 1 aromatic carbocycles. The van der Waals surface area contributed by atoms with Crippen molar-refractivity contribution in [1.29, 1.82) is 0 Å². The number of carbonyl (C=O) groups is 1. The van der Waals surface area contributed by atoms with Crippen LogP contribution in [0, 0.1) is 0 Å². The Morgan fingerprint density at radius 1 is 1.12 bits per heavy atom. The molecule has 1 amide bonds. The van der Waals surface area contributed by atoms with Gasteiger partial charge in [-0.25, -0.2) is 0 Å². The van der Waals surface area contributed by atoms with E-state index < -0.39 is 0 Å². The van der Waals surface area contributed by atoms with Crippen LogP contribution in [0.25, 0.3) is 0 Å². The smallest absolute Gasteiger partial charge is 0.216 e. The molecule has 0 fully saturated rings. The van der Waals surface area contributed by atoms with E-state index >= 15 is 0 Å². The van der Waals surface area contributed by atoms with Crippen LogP contribution in [0.15, 0.2) is 17.1 Å². The molecule has 3 N–H and O–H groups in total. The second kappa shape index (κ2) is 13.5. The average Bonchev–Trinajstić information content (AvgIpc) is 2.49. The van der Waals surface area contributed by atoms with E-state index in [1.54, 1.807) is 12.1 Å². The van der Waals surface area contributed by atoms with Crippen molar-refractivity contribution in [2.24, 2.45) is 4.99 Å². The molecule has 25 heavy (non-hydrogen) atoms. The van der Waals surface area contributed by atoms with Gasteiger partial charge in [0.25, 0.3) is 0 Å². The van der Waals surface area contributed by atoms with Crippen LogP contribution in [-0.4, -0.2) is 44.7 Å². The summed E-state index contributed by atoms with van der Waals surface area (Å²) >= 11 is 18.0. The largest absolute Gasteiger partial charge is 0.489 e. The molecular formula is C15H22Cl3IN4O2. The minimum absolute atomic E-state index is 0. The highest BCUT2D eigenvalue weighted by Crippen LogP contribution is 2.35. The third kappa shape index (κ3) is 10.2. The van der Waals surface area contributed by atoms with Crippen LogP contribution in [0.4, 0.5) is 0 Å². The number of halogens is 4. The fourth-order valence-electron chi connectivity index (χ4n) is 1.73. The van der Waals surface area contributed by atoms with Gasteiger partial charge in [0.15, 0.2) is 11.7 Å². The SMILES string of the molecule is CCNC(=NCCNC(C)=O)NCCOc1c(Cl)cc(Cl)cc1Cl.I. The third-order valence-corrected chi connectivity index (χ3v) is 3.48.